The van der Waals surface area contributed by atoms with E-state index in [-0.39, 0.29) is 0 Å². The van der Waals surface area contributed by atoms with E-state index in [1.807, 2.05) is 0 Å². The number of hydrogen-bond donors (Lipinski definition) is 1. The van der Waals surface area contributed by atoms with E-state index < -0.39 is 0 Å². The Bertz CT molecular complexity index is 151. The van der Waals surface area contributed by atoms with Gasteiger partial charge >= 0.3 is 0 Å². The van der Waals surface area contributed by atoms with Gasteiger partial charge in [0.25, 0.3) is 0 Å². The fraction of sp³-hybridized carbons (Fsp3) is 1.00. The third kappa shape index (κ3) is 2.66. The first kappa shape index (κ1) is 9.44. The second-order valence-corrected chi connectivity index (χ2v) is 4.38. The molecule has 0 bridgehead atoms. The highest BCUT2D eigenvalue weighted by Crippen LogP contribution is 2.13. The van der Waals surface area contributed by atoms with Crippen LogP contribution in [0.1, 0.15) is 12.8 Å². The van der Waals surface area contributed by atoms with Gasteiger partial charge in [-0.15, -0.1) is 0 Å². The third-order valence-electron chi connectivity index (χ3n) is 3.06. The molecule has 2 saturated heterocycles. The maximum absolute atomic E-state index is 5.32. The minimum atomic E-state index is 0.722. The molecule has 2 aliphatic rings. The maximum Gasteiger partial charge on any atom is 0.0480 e. The first-order valence-electron chi connectivity index (χ1n) is 5.34. The van der Waals surface area contributed by atoms with Crippen molar-refractivity contribution in [3.63, 3.8) is 0 Å². The molecular weight excluding hydrogens is 164 g/mol. The molecule has 0 atom stereocenters. The second kappa shape index (κ2) is 4.40. The molecule has 13 heavy (non-hydrogen) atoms. The number of likely N-dealkylation sites (tertiary alicyclic amines) is 1. The Balaban J connectivity index is 1.56. The lowest BCUT2D eigenvalue weighted by Crippen LogP contribution is -2.50. The standard InChI is InChI=1S/C10H20N2O/c1-12-7-9(8-12)6-11-10-2-4-13-5-3-10/h9-11H,2-8H2,1H3. The van der Waals surface area contributed by atoms with Crippen LogP contribution in [0, 0.1) is 5.92 Å². The second-order valence-electron chi connectivity index (χ2n) is 4.38. The zero-order valence-corrected chi connectivity index (χ0v) is 8.46. The molecule has 1 N–H and O–H groups in total. The lowest BCUT2D eigenvalue weighted by atomic mass is 10.00. The van der Waals surface area contributed by atoms with Crippen molar-refractivity contribution in [2.24, 2.45) is 5.92 Å². The first-order valence-corrected chi connectivity index (χ1v) is 5.34. The van der Waals surface area contributed by atoms with Crippen LogP contribution >= 0.6 is 0 Å². The van der Waals surface area contributed by atoms with E-state index in [1.54, 1.807) is 0 Å². The summed E-state index contributed by atoms with van der Waals surface area (Å²) < 4.78 is 5.32. The Morgan fingerprint density at radius 3 is 2.62 bits per heavy atom. The highest BCUT2D eigenvalue weighted by Gasteiger charge is 2.23. The molecule has 2 rings (SSSR count). The van der Waals surface area contributed by atoms with Gasteiger partial charge in [-0.25, -0.2) is 0 Å². The van der Waals surface area contributed by atoms with Crippen molar-refractivity contribution in [3.05, 3.63) is 0 Å². The highest BCUT2D eigenvalue weighted by molar-refractivity contribution is 4.80. The Kier molecular flexibility index (Phi) is 3.19. The van der Waals surface area contributed by atoms with Gasteiger partial charge in [0.2, 0.25) is 0 Å². The van der Waals surface area contributed by atoms with Crippen LogP contribution in [0.25, 0.3) is 0 Å². The van der Waals surface area contributed by atoms with E-state index >= 15 is 0 Å². The van der Waals surface area contributed by atoms with Crippen LogP contribution < -0.4 is 5.32 Å². The van der Waals surface area contributed by atoms with Crippen LogP contribution in [0.3, 0.4) is 0 Å². The van der Waals surface area contributed by atoms with Gasteiger partial charge in [-0.1, -0.05) is 0 Å². The molecule has 0 aromatic carbocycles. The van der Waals surface area contributed by atoms with E-state index in [4.69, 9.17) is 4.74 Å². The molecule has 0 unspecified atom stereocenters. The highest BCUT2D eigenvalue weighted by atomic mass is 16.5. The molecule has 2 fully saturated rings. The van der Waals surface area contributed by atoms with E-state index in [1.165, 1.54) is 32.5 Å². The van der Waals surface area contributed by atoms with Gasteiger partial charge in [0, 0.05) is 38.9 Å². The van der Waals surface area contributed by atoms with Gasteiger partial charge in [-0.05, 0) is 25.8 Å². The zero-order valence-electron chi connectivity index (χ0n) is 8.46. The Hall–Kier alpha value is -0.120. The minimum Gasteiger partial charge on any atom is -0.381 e. The zero-order chi connectivity index (χ0) is 9.10. The lowest BCUT2D eigenvalue weighted by Gasteiger charge is -2.37. The number of nitrogens with zero attached hydrogens (tertiary/aromatic N) is 1. The summed E-state index contributed by atoms with van der Waals surface area (Å²) in [6.45, 7) is 5.64. The molecule has 0 aromatic rings. The predicted molar refractivity (Wildman–Crippen MR) is 52.8 cm³/mol. The normalized spacial score (nSPS) is 27.5. The topological polar surface area (TPSA) is 24.5 Å². The number of rotatable bonds is 3. The van der Waals surface area contributed by atoms with Crippen LogP contribution in [0.15, 0.2) is 0 Å². The summed E-state index contributed by atoms with van der Waals surface area (Å²) in [6.07, 6.45) is 2.39. The number of ether oxygens (including phenoxy) is 1. The average molecular weight is 184 g/mol. The fourth-order valence-corrected chi connectivity index (χ4v) is 2.19. The van der Waals surface area contributed by atoms with Crippen LogP contribution in [-0.4, -0.2) is 50.8 Å². The van der Waals surface area contributed by atoms with Crippen molar-refractivity contribution in [1.82, 2.24) is 10.2 Å². The van der Waals surface area contributed by atoms with Crippen LogP contribution in [-0.2, 0) is 4.74 Å². The van der Waals surface area contributed by atoms with E-state index in [9.17, 15) is 0 Å². The molecule has 0 spiro atoms. The molecule has 2 heterocycles. The molecule has 76 valence electrons. The van der Waals surface area contributed by atoms with Crippen molar-refractivity contribution in [2.75, 3.05) is 39.9 Å². The van der Waals surface area contributed by atoms with Crippen molar-refractivity contribution in [3.8, 4) is 0 Å². The van der Waals surface area contributed by atoms with Gasteiger partial charge in [-0.2, -0.15) is 0 Å². The molecule has 0 saturated carbocycles. The number of hydrogen-bond acceptors (Lipinski definition) is 3. The molecule has 0 aliphatic carbocycles. The molecule has 2 aliphatic heterocycles. The Labute approximate surface area is 80.4 Å². The van der Waals surface area contributed by atoms with Crippen molar-refractivity contribution in [1.29, 1.82) is 0 Å². The average Bonchev–Trinajstić information content (AvgIpc) is 2.12. The summed E-state index contributed by atoms with van der Waals surface area (Å²) in [4.78, 5) is 2.37. The third-order valence-corrected chi connectivity index (χ3v) is 3.06. The quantitative estimate of drug-likeness (QED) is 0.683. The smallest absolute Gasteiger partial charge is 0.0480 e. The van der Waals surface area contributed by atoms with E-state index in [0.29, 0.717) is 0 Å². The van der Waals surface area contributed by atoms with Crippen molar-refractivity contribution < 1.29 is 4.74 Å². The summed E-state index contributed by atoms with van der Waals surface area (Å²) in [5.41, 5.74) is 0. The molecular formula is C10H20N2O. The monoisotopic (exact) mass is 184 g/mol. The lowest BCUT2D eigenvalue weighted by molar-refractivity contribution is 0.0704. The largest absolute Gasteiger partial charge is 0.381 e. The molecule has 0 amide bonds. The predicted octanol–water partition coefficient (Wildman–Crippen LogP) is 0.317. The summed E-state index contributed by atoms with van der Waals surface area (Å²) in [6, 6.07) is 0.722. The molecule has 0 aromatic heterocycles. The van der Waals surface area contributed by atoms with Crippen LogP contribution in [0.2, 0.25) is 0 Å². The SMILES string of the molecule is CN1CC(CNC2CCOCC2)C1. The van der Waals surface area contributed by atoms with Gasteiger partial charge in [0.1, 0.15) is 0 Å². The minimum absolute atomic E-state index is 0.722. The van der Waals surface area contributed by atoms with Crippen molar-refractivity contribution >= 4 is 0 Å². The molecule has 0 radical (unpaired) electrons. The van der Waals surface area contributed by atoms with E-state index in [0.717, 1.165) is 25.2 Å². The Morgan fingerprint density at radius 1 is 1.31 bits per heavy atom. The fourth-order valence-electron chi connectivity index (χ4n) is 2.19. The van der Waals surface area contributed by atoms with Gasteiger partial charge in [0.15, 0.2) is 0 Å². The summed E-state index contributed by atoms with van der Waals surface area (Å²) >= 11 is 0. The number of nitrogens with one attached hydrogen (secondary N) is 1. The first-order chi connectivity index (χ1) is 6.34. The Morgan fingerprint density at radius 2 is 2.00 bits per heavy atom. The van der Waals surface area contributed by atoms with Crippen LogP contribution in [0.5, 0.6) is 0 Å². The molecule has 3 nitrogen and oxygen atoms in total. The summed E-state index contributed by atoms with van der Waals surface area (Å²) in [5, 5.41) is 3.64. The van der Waals surface area contributed by atoms with Gasteiger partial charge in [-0.3, -0.25) is 0 Å². The summed E-state index contributed by atoms with van der Waals surface area (Å²) in [5.74, 6) is 0.896. The van der Waals surface area contributed by atoms with Gasteiger partial charge < -0.3 is 15.0 Å². The summed E-state index contributed by atoms with van der Waals surface area (Å²) in [7, 11) is 2.19. The maximum atomic E-state index is 5.32. The molecule has 3 heteroatoms. The van der Waals surface area contributed by atoms with Crippen LogP contribution in [0.4, 0.5) is 0 Å². The van der Waals surface area contributed by atoms with Crippen molar-refractivity contribution in [2.45, 2.75) is 18.9 Å². The van der Waals surface area contributed by atoms with Gasteiger partial charge in [0.05, 0.1) is 0 Å². The van der Waals surface area contributed by atoms with E-state index in [2.05, 4.69) is 17.3 Å².